The average Bonchev–Trinajstić information content (AvgIpc) is 3.76. The maximum atomic E-state index is 2.50. The van der Waals surface area contributed by atoms with E-state index in [1.165, 1.54) is 116 Å². The van der Waals surface area contributed by atoms with E-state index in [1.54, 1.807) is 0 Å². The van der Waals surface area contributed by atoms with Crippen molar-refractivity contribution in [3.05, 3.63) is 307 Å². The Balaban J connectivity index is 0.917. The lowest BCUT2D eigenvalue weighted by atomic mass is 9.67. The van der Waals surface area contributed by atoms with Crippen LogP contribution in [-0.2, 0) is 5.41 Å². The summed E-state index contributed by atoms with van der Waals surface area (Å²) in [6.07, 6.45) is 6.64. The first-order valence-electron chi connectivity index (χ1n) is 25.3. The average molecular weight is 916 g/mol. The van der Waals surface area contributed by atoms with Crippen molar-refractivity contribution < 1.29 is 0 Å². The van der Waals surface area contributed by atoms with Gasteiger partial charge in [-0.15, -0.1) is 0 Å². The highest BCUT2D eigenvalue weighted by atomic mass is 15.1. The van der Waals surface area contributed by atoms with E-state index in [0.29, 0.717) is 0 Å². The van der Waals surface area contributed by atoms with Gasteiger partial charge in [0.2, 0.25) is 0 Å². The molecule has 0 atom stereocenters. The molecule has 2 aliphatic rings. The van der Waals surface area contributed by atoms with Gasteiger partial charge in [0.15, 0.2) is 0 Å². The van der Waals surface area contributed by atoms with Crippen LogP contribution < -0.4 is 4.90 Å². The lowest BCUT2D eigenvalue weighted by Gasteiger charge is -2.33. The Morgan fingerprint density at radius 1 is 0.319 bits per heavy atom. The summed E-state index contributed by atoms with van der Waals surface area (Å²) in [5.74, 6) is 0. The summed E-state index contributed by atoms with van der Waals surface area (Å²) in [5, 5.41) is 10.2. The molecule has 338 valence electrons. The van der Waals surface area contributed by atoms with Crippen LogP contribution in [0.25, 0.3) is 82.0 Å². The molecule has 0 radical (unpaired) electrons. The Bertz CT molecular complexity index is 4100. The Morgan fingerprint density at radius 3 is 1.53 bits per heavy atom. The summed E-state index contributed by atoms with van der Waals surface area (Å²) in [6, 6.07) is 97.2. The van der Waals surface area contributed by atoms with Crippen LogP contribution in [0.5, 0.6) is 0 Å². The number of nitrogens with zero attached hydrogens (tertiary/aromatic N) is 1. The highest BCUT2D eigenvalue weighted by Gasteiger charge is 2.46. The molecule has 0 saturated heterocycles. The van der Waals surface area contributed by atoms with Crippen LogP contribution in [0.2, 0.25) is 0 Å². The molecule has 12 aromatic carbocycles. The number of fused-ring (bicyclic) bond motifs is 9. The van der Waals surface area contributed by atoms with Crippen molar-refractivity contribution in [1.82, 2.24) is 0 Å². The third-order valence-corrected chi connectivity index (χ3v) is 15.6. The van der Waals surface area contributed by atoms with Crippen molar-refractivity contribution >= 4 is 60.0 Å². The second kappa shape index (κ2) is 17.1. The molecule has 0 spiro atoms. The smallest absolute Gasteiger partial charge is 0.0713 e. The molecule has 0 heterocycles. The normalized spacial score (nSPS) is 13.7. The first-order chi connectivity index (χ1) is 35.7. The lowest BCUT2D eigenvalue weighted by molar-refractivity contribution is 0.768. The van der Waals surface area contributed by atoms with Crippen molar-refractivity contribution in [3.8, 4) is 33.4 Å². The van der Waals surface area contributed by atoms with Gasteiger partial charge in [0.25, 0.3) is 0 Å². The first-order valence-corrected chi connectivity index (χ1v) is 25.3. The molecule has 72 heavy (non-hydrogen) atoms. The van der Waals surface area contributed by atoms with E-state index in [1.807, 2.05) is 0 Å². The zero-order valence-corrected chi connectivity index (χ0v) is 39.8. The number of anilines is 2. The van der Waals surface area contributed by atoms with E-state index in [2.05, 4.69) is 278 Å². The number of benzene rings is 12. The fourth-order valence-corrected chi connectivity index (χ4v) is 12.2. The molecular weight excluding hydrogens is 867 g/mol. The third kappa shape index (κ3) is 6.77. The maximum absolute atomic E-state index is 2.50. The lowest BCUT2D eigenvalue weighted by Crippen LogP contribution is -2.28. The number of allylic oxidation sites excluding steroid dienone is 3. The number of hydrogen-bond donors (Lipinski definition) is 0. The summed E-state index contributed by atoms with van der Waals surface area (Å²) < 4.78 is 0. The summed E-state index contributed by atoms with van der Waals surface area (Å²) in [6.45, 7) is 0. The van der Waals surface area contributed by atoms with Gasteiger partial charge in [-0.3, -0.25) is 0 Å². The molecule has 0 bridgehead atoms. The van der Waals surface area contributed by atoms with Gasteiger partial charge < -0.3 is 4.90 Å². The molecule has 0 aliphatic heterocycles. The van der Waals surface area contributed by atoms with Crippen molar-refractivity contribution in [2.45, 2.75) is 18.3 Å². The van der Waals surface area contributed by atoms with Gasteiger partial charge in [-0.1, -0.05) is 224 Å². The topological polar surface area (TPSA) is 3.24 Å². The summed E-state index contributed by atoms with van der Waals surface area (Å²) in [4.78, 5) is 2.50. The van der Waals surface area contributed by atoms with E-state index >= 15 is 0 Å². The zero-order valence-electron chi connectivity index (χ0n) is 39.8. The van der Waals surface area contributed by atoms with Crippen LogP contribution >= 0.6 is 0 Å². The zero-order chi connectivity index (χ0) is 47.6. The quantitative estimate of drug-likeness (QED) is 0.137. The SMILES string of the molecule is C1=CC(N(c2ccc(-c3ccc4c(c3)-c3ccccc3C4(c3ccccc3)c3ccccc3)cc2)c2cccc(-c3ccc4ccc5ccccc5c4c3)c2)=C(c2ccc3ccc4ccccc4c3c2)CC1. The predicted molar refractivity (Wildman–Crippen MR) is 305 cm³/mol. The van der Waals surface area contributed by atoms with E-state index in [4.69, 9.17) is 0 Å². The van der Waals surface area contributed by atoms with E-state index < -0.39 is 5.41 Å². The van der Waals surface area contributed by atoms with Gasteiger partial charge in [0.1, 0.15) is 0 Å². The standard InChI is InChI=1S/C71H49N/c1-3-19-57(20-4-1)71(58-21-5-2-6-22-58)68-28-13-11-27-64(68)67-46-54(40-43-69(67)71)48-38-41-59(42-39-48)72(60-23-15-18-53(44-60)55-36-34-51-32-30-49-16-7-9-24-61(49)65(51)45-55)70-29-14-12-26-63(70)56-37-35-52-33-31-50-17-8-10-25-62(50)66(52)47-56/h1-11,13-25,27-47H,12,26H2. The second-order valence-electron chi connectivity index (χ2n) is 19.5. The number of hydrogen-bond acceptors (Lipinski definition) is 1. The van der Waals surface area contributed by atoms with Crippen LogP contribution in [-0.4, -0.2) is 0 Å². The minimum atomic E-state index is -0.427. The molecule has 1 nitrogen and oxygen atoms in total. The fraction of sp³-hybridized carbons (Fsp3) is 0.0423. The van der Waals surface area contributed by atoms with Gasteiger partial charge in [-0.2, -0.15) is 0 Å². The van der Waals surface area contributed by atoms with Crippen LogP contribution in [0.15, 0.2) is 279 Å². The van der Waals surface area contributed by atoms with Gasteiger partial charge in [0, 0.05) is 17.1 Å². The highest BCUT2D eigenvalue weighted by molar-refractivity contribution is 6.10. The predicted octanol–water partition coefficient (Wildman–Crippen LogP) is 18.9. The molecule has 0 amide bonds. The Kier molecular flexibility index (Phi) is 9.96. The molecule has 12 aromatic rings. The highest BCUT2D eigenvalue weighted by Crippen LogP contribution is 2.56. The molecule has 14 rings (SSSR count). The van der Waals surface area contributed by atoms with Crippen molar-refractivity contribution in [2.75, 3.05) is 4.90 Å². The van der Waals surface area contributed by atoms with E-state index in [0.717, 1.165) is 24.2 Å². The van der Waals surface area contributed by atoms with Crippen molar-refractivity contribution in [2.24, 2.45) is 0 Å². The first kappa shape index (κ1) is 41.9. The second-order valence-corrected chi connectivity index (χ2v) is 19.5. The van der Waals surface area contributed by atoms with Crippen LogP contribution in [0.4, 0.5) is 11.4 Å². The Labute approximate surface area is 420 Å². The molecule has 0 unspecified atom stereocenters. The third-order valence-electron chi connectivity index (χ3n) is 15.6. The van der Waals surface area contributed by atoms with Gasteiger partial charge >= 0.3 is 0 Å². The molecule has 0 fully saturated rings. The molecule has 0 N–H and O–H groups in total. The maximum Gasteiger partial charge on any atom is 0.0713 e. The molecule has 1 heteroatoms. The summed E-state index contributed by atoms with van der Waals surface area (Å²) >= 11 is 0. The van der Waals surface area contributed by atoms with Crippen LogP contribution in [0, 0.1) is 0 Å². The largest absolute Gasteiger partial charge is 0.310 e. The molecule has 0 aromatic heterocycles. The van der Waals surface area contributed by atoms with E-state index in [9.17, 15) is 0 Å². The van der Waals surface area contributed by atoms with E-state index in [-0.39, 0.29) is 0 Å². The van der Waals surface area contributed by atoms with Crippen LogP contribution in [0.3, 0.4) is 0 Å². The Hall–Kier alpha value is -9.04. The van der Waals surface area contributed by atoms with Gasteiger partial charge in [0.05, 0.1) is 5.41 Å². The van der Waals surface area contributed by atoms with Gasteiger partial charge in [-0.25, -0.2) is 0 Å². The Morgan fingerprint density at radius 2 is 0.833 bits per heavy atom. The summed E-state index contributed by atoms with van der Waals surface area (Å²) in [5.41, 5.74) is 18.1. The fourth-order valence-electron chi connectivity index (χ4n) is 12.2. The van der Waals surface area contributed by atoms with Gasteiger partial charge in [-0.05, 0) is 171 Å². The minimum absolute atomic E-state index is 0.427. The molecular formula is C71H49N. The molecule has 0 saturated carbocycles. The van der Waals surface area contributed by atoms with Crippen LogP contribution in [0.1, 0.15) is 40.7 Å². The molecule has 2 aliphatic carbocycles. The van der Waals surface area contributed by atoms with Crippen molar-refractivity contribution in [1.29, 1.82) is 0 Å². The minimum Gasteiger partial charge on any atom is -0.310 e. The summed E-state index contributed by atoms with van der Waals surface area (Å²) in [7, 11) is 0. The monoisotopic (exact) mass is 915 g/mol. The van der Waals surface area contributed by atoms with Crippen molar-refractivity contribution in [3.63, 3.8) is 0 Å². The number of rotatable bonds is 8.